The summed E-state index contributed by atoms with van der Waals surface area (Å²) in [6.07, 6.45) is 2.03. The van der Waals surface area contributed by atoms with Gasteiger partial charge in [-0.05, 0) is 50.6 Å². The van der Waals surface area contributed by atoms with E-state index in [0.717, 1.165) is 31.8 Å². The van der Waals surface area contributed by atoms with Gasteiger partial charge in [0, 0.05) is 11.5 Å². The lowest BCUT2D eigenvalue weighted by atomic mass is 9.98. The molecule has 1 N–H and O–H groups in total. The molecule has 1 aliphatic heterocycles. The zero-order valence-corrected chi connectivity index (χ0v) is 10.8. The Morgan fingerprint density at radius 2 is 2.11 bits per heavy atom. The average Bonchev–Trinajstić information content (AvgIpc) is 2.93. The average molecular weight is 261 g/mol. The lowest BCUT2D eigenvalue weighted by Gasteiger charge is -2.18. The fraction of sp³-hybridized carbons (Fsp3) is 0.429. The monoisotopic (exact) mass is 261 g/mol. The molecule has 2 aromatic rings. The summed E-state index contributed by atoms with van der Waals surface area (Å²) in [5.74, 6) is 1.22. The Labute approximate surface area is 111 Å². The Morgan fingerprint density at radius 1 is 1.32 bits per heavy atom. The molecule has 0 aliphatic carbocycles. The van der Waals surface area contributed by atoms with Gasteiger partial charge in [-0.15, -0.1) is 0 Å². The number of halogens is 1. The van der Waals surface area contributed by atoms with Crippen molar-refractivity contribution in [1.29, 1.82) is 0 Å². The Hall–Kier alpha value is -1.75. The molecule has 1 aliphatic rings. The van der Waals surface area contributed by atoms with Crippen LogP contribution in [0.1, 0.15) is 30.1 Å². The lowest BCUT2D eigenvalue weighted by Crippen LogP contribution is -2.27. The molecule has 100 valence electrons. The van der Waals surface area contributed by atoms with E-state index in [-0.39, 0.29) is 5.82 Å². The molecular formula is C14H16FN3O. The Bertz CT molecular complexity index is 576. The number of aromatic nitrogens is 2. The zero-order valence-electron chi connectivity index (χ0n) is 10.8. The molecule has 0 amide bonds. The third kappa shape index (κ3) is 2.51. The highest BCUT2D eigenvalue weighted by Crippen LogP contribution is 2.26. The Kier molecular flexibility index (Phi) is 3.29. The van der Waals surface area contributed by atoms with Crippen molar-refractivity contribution in [3.8, 4) is 11.5 Å². The quantitative estimate of drug-likeness (QED) is 0.903. The number of hydrogen-bond acceptors (Lipinski definition) is 4. The van der Waals surface area contributed by atoms with E-state index in [4.69, 9.17) is 4.52 Å². The number of nitrogens with one attached hydrogen (secondary N) is 1. The van der Waals surface area contributed by atoms with E-state index in [1.54, 1.807) is 19.1 Å². The molecule has 3 rings (SSSR count). The molecule has 1 saturated heterocycles. The van der Waals surface area contributed by atoms with Gasteiger partial charge in [-0.25, -0.2) is 4.39 Å². The lowest BCUT2D eigenvalue weighted by molar-refractivity contribution is 0.392. The van der Waals surface area contributed by atoms with E-state index in [1.807, 2.05) is 0 Å². The summed E-state index contributed by atoms with van der Waals surface area (Å²) in [6.45, 7) is 3.69. The highest BCUT2D eigenvalue weighted by molar-refractivity contribution is 5.53. The van der Waals surface area contributed by atoms with Crippen molar-refractivity contribution >= 4 is 0 Å². The van der Waals surface area contributed by atoms with E-state index in [2.05, 4.69) is 15.5 Å². The van der Waals surface area contributed by atoms with E-state index < -0.39 is 0 Å². The van der Waals surface area contributed by atoms with Crippen molar-refractivity contribution in [2.24, 2.45) is 0 Å². The van der Waals surface area contributed by atoms with Crippen molar-refractivity contribution in [2.75, 3.05) is 13.1 Å². The van der Waals surface area contributed by atoms with Crippen molar-refractivity contribution in [3.63, 3.8) is 0 Å². The molecular weight excluding hydrogens is 245 g/mol. The molecule has 1 fully saturated rings. The van der Waals surface area contributed by atoms with Crippen LogP contribution in [0, 0.1) is 12.7 Å². The minimum absolute atomic E-state index is 0.251. The molecule has 1 aromatic carbocycles. The first-order chi connectivity index (χ1) is 9.24. The SMILES string of the molecule is Cc1ccc(-c2nc(C3CCNCC3)no2)cc1F. The number of hydrogen-bond donors (Lipinski definition) is 1. The van der Waals surface area contributed by atoms with Gasteiger partial charge < -0.3 is 9.84 Å². The molecule has 2 heterocycles. The van der Waals surface area contributed by atoms with Crippen LogP contribution in [-0.4, -0.2) is 23.2 Å². The van der Waals surface area contributed by atoms with Crippen molar-refractivity contribution < 1.29 is 8.91 Å². The molecule has 0 atom stereocenters. The molecule has 19 heavy (non-hydrogen) atoms. The van der Waals surface area contributed by atoms with Gasteiger partial charge in [0.05, 0.1) is 0 Å². The molecule has 5 heteroatoms. The van der Waals surface area contributed by atoms with Crippen LogP contribution in [-0.2, 0) is 0 Å². The minimum atomic E-state index is -0.251. The summed E-state index contributed by atoms with van der Waals surface area (Å²) < 4.78 is 18.8. The fourth-order valence-electron chi connectivity index (χ4n) is 2.32. The highest BCUT2D eigenvalue weighted by atomic mass is 19.1. The number of piperidine rings is 1. The first-order valence-electron chi connectivity index (χ1n) is 6.55. The molecule has 1 aromatic heterocycles. The van der Waals surface area contributed by atoms with Gasteiger partial charge in [-0.1, -0.05) is 11.2 Å². The first-order valence-corrected chi connectivity index (χ1v) is 6.55. The summed E-state index contributed by atoms with van der Waals surface area (Å²) in [5.41, 5.74) is 1.25. The summed E-state index contributed by atoms with van der Waals surface area (Å²) in [6, 6.07) is 4.96. The summed E-state index contributed by atoms with van der Waals surface area (Å²) in [4.78, 5) is 4.40. The van der Waals surface area contributed by atoms with Gasteiger partial charge in [-0.2, -0.15) is 4.98 Å². The van der Waals surface area contributed by atoms with Gasteiger partial charge in [0.2, 0.25) is 0 Å². The van der Waals surface area contributed by atoms with Crippen LogP contribution >= 0.6 is 0 Å². The molecule has 0 spiro atoms. The minimum Gasteiger partial charge on any atom is -0.334 e. The second-order valence-corrected chi connectivity index (χ2v) is 4.95. The molecule has 4 nitrogen and oxygen atoms in total. The van der Waals surface area contributed by atoms with E-state index >= 15 is 0 Å². The topological polar surface area (TPSA) is 51.0 Å². The van der Waals surface area contributed by atoms with Gasteiger partial charge in [0.1, 0.15) is 5.82 Å². The largest absolute Gasteiger partial charge is 0.334 e. The summed E-state index contributed by atoms with van der Waals surface area (Å²) in [5, 5.41) is 7.33. The number of rotatable bonds is 2. The molecule has 0 saturated carbocycles. The summed E-state index contributed by atoms with van der Waals surface area (Å²) in [7, 11) is 0. The van der Waals surface area contributed by atoms with E-state index in [9.17, 15) is 4.39 Å². The van der Waals surface area contributed by atoms with Crippen LogP contribution in [0.15, 0.2) is 22.7 Å². The predicted octanol–water partition coefficient (Wildman–Crippen LogP) is 2.65. The van der Waals surface area contributed by atoms with Crippen molar-refractivity contribution in [2.45, 2.75) is 25.7 Å². The van der Waals surface area contributed by atoms with Crippen LogP contribution in [0.3, 0.4) is 0 Å². The fourth-order valence-corrected chi connectivity index (χ4v) is 2.32. The maximum Gasteiger partial charge on any atom is 0.258 e. The highest BCUT2D eigenvalue weighted by Gasteiger charge is 2.21. The number of aryl methyl sites for hydroxylation is 1. The Morgan fingerprint density at radius 3 is 2.84 bits per heavy atom. The molecule has 0 bridgehead atoms. The summed E-state index contributed by atoms with van der Waals surface area (Å²) >= 11 is 0. The van der Waals surface area contributed by atoms with E-state index in [0.29, 0.717) is 22.9 Å². The predicted molar refractivity (Wildman–Crippen MR) is 69.3 cm³/mol. The third-order valence-electron chi connectivity index (χ3n) is 3.56. The van der Waals surface area contributed by atoms with Crippen molar-refractivity contribution in [1.82, 2.24) is 15.5 Å². The maximum absolute atomic E-state index is 13.5. The smallest absolute Gasteiger partial charge is 0.258 e. The molecule has 0 unspecified atom stereocenters. The van der Waals surface area contributed by atoms with Gasteiger partial charge in [0.15, 0.2) is 5.82 Å². The Balaban J connectivity index is 1.85. The van der Waals surface area contributed by atoms with Gasteiger partial charge in [-0.3, -0.25) is 0 Å². The second-order valence-electron chi connectivity index (χ2n) is 4.95. The zero-order chi connectivity index (χ0) is 13.2. The van der Waals surface area contributed by atoms with Crippen LogP contribution in [0.4, 0.5) is 4.39 Å². The van der Waals surface area contributed by atoms with Crippen LogP contribution in [0.2, 0.25) is 0 Å². The molecule has 0 radical (unpaired) electrons. The second kappa shape index (κ2) is 5.09. The van der Waals surface area contributed by atoms with Crippen molar-refractivity contribution in [3.05, 3.63) is 35.4 Å². The standard InChI is InChI=1S/C14H16FN3O/c1-9-2-3-11(8-12(9)15)14-17-13(18-19-14)10-4-6-16-7-5-10/h2-3,8,10,16H,4-7H2,1H3. The number of benzene rings is 1. The van der Waals surface area contributed by atoms with Crippen LogP contribution in [0.5, 0.6) is 0 Å². The van der Waals surface area contributed by atoms with Crippen LogP contribution in [0.25, 0.3) is 11.5 Å². The van der Waals surface area contributed by atoms with Gasteiger partial charge >= 0.3 is 0 Å². The third-order valence-corrected chi connectivity index (χ3v) is 3.56. The van der Waals surface area contributed by atoms with Crippen LogP contribution < -0.4 is 5.32 Å². The normalized spacial score (nSPS) is 16.7. The maximum atomic E-state index is 13.5. The first kappa shape index (κ1) is 12.3. The number of nitrogens with zero attached hydrogens (tertiary/aromatic N) is 2. The van der Waals surface area contributed by atoms with E-state index in [1.165, 1.54) is 6.07 Å². The van der Waals surface area contributed by atoms with Gasteiger partial charge in [0.25, 0.3) is 5.89 Å².